The Morgan fingerprint density at radius 1 is 1.03 bits per heavy atom. The Labute approximate surface area is 174 Å². The quantitative estimate of drug-likeness (QED) is 0.575. The van der Waals surface area contributed by atoms with Crippen molar-refractivity contribution >= 4 is 29.0 Å². The summed E-state index contributed by atoms with van der Waals surface area (Å²) in [5.41, 5.74) is 3.04. The van der Waals surface area contributed by atoms with Crippen molar-refractivity contribution in [2.75, 3.05) is 5.32 Å². The van der Waals surface area contributed by atoms with Crippen LogP contribution in [-0.4, -0.2) is 21.2 Å². The van der Waals surface area contributed by atoms with Crippen molar-refractivity contribution in [2.45, 2.75) is 38.6 Å². The molecule has 29 heavy (non-hydrogen) atoms. The molecule has 0 radical (unpaired) electrons. The van der Waals surface area contributed by atoms with Crippen molar-refractivity contribution in [1.29, 1.82) is 0 Å². The molecule has 1 N–H and O–H groups in total. The molecule has 1 amide bonds. The molecule has 0 spiro atoms. The number of imidazole rings is 1. The van der Waals surface area contributed by atoms with Crippen LogP contribution in [0.15, 0.2) is 54.7 Å². The van der Waals surface area contributed by atoms with Crippen molar-refractivity contribution in [3.8, 4) is 11.3 Å². The monoisotopic (exact) mass is 407 g/mol. The molecule has 3 aromatic rings. The van der Waals surface area contributed by atoms with E-state index in [9.17, 15) is 9.59 Å². The van der Waals surface area contributed by atoms with Gasteiger partial charge in [-0.25, -0.2) is 4.98 Å². The van der Waals surface area contributed by atoms with E-state index in [1.54, 1.807) is 24.3 Å². The second-order valence-electron chi connectivity index (χ2n) is 7.22. The highest BCUT2D eigenvalue weighted by Gasteiger charge is 2.16. The van der Waals surface area contributed by atoms with Gasteiger partial charge in [0.2, 0.25) is 5.91 Å². The van der Waals surface area contributed by atoms with Crippen molar-refractivity contribution in [3.63, 3.8) is 0 Å². The number of Topliss-reactive ketones (excluding diaryl/α,β-unsaturated/α-hetero) is 1. The van der Waals surface area contributed by atoms with Crippen LogP contribution in [0.5, 0.6) is 0 Å². The first-order valence-electron chi connectivity index (χ1n) is 9.84. The van der Waals surface area contributed by atoms with Gasteiger partial charge in [-0.15, -0.1) is 0 Å². The number of para-hydroxylation sites is 1. The second-order valence-corrected chi connectivity index (χ2v) is 7.65. The number of carbonyl (C=O) groups is 2. The molecule has 4 rings (SSSR count). The van der Waals surface area contributed by atoms with Gasteiger partial charge in [0.15, 0.2) is 5.78 Å². The van der Waals surface area contributed by atoms with Crippen LogP contribution < -0.4 is 5.32 Å². The second kappa shape index (κ2) is 8.62. The lowest BCUT2D eigenvalue weighted by Crippen LogP contribution is -2.14. The minimum atomic E-state index is -0.191. The normalized spacial score (nSPS) is 13.0. The maximum absolute atomic E-state index is 12.5. The number of ketones is 1. The molecule has 2 aromatic carbocycles. The maximum atomic E-state index is 12.5. The summed E-state index contributed by atoms with van der Waals surface area (Å²) in [7, 11) is 0. The fourth-order valence-corrected chi connectivity index (χ4v) is 3.70. The third-order valence-electron chi connectivity index (χ3n) is 5.13. The molecule has 2 heterocycles. The Hall–Kier alpha value is -2.92. The lowest BCUT2D eigenvalue weighted by Gasteiger charge is -2.11. The van der Waals surface area contributed by atoms with Gasteiger partial charge in [0.25, 0.3) is 0 Å². The van der Waals surface area contributed by atoms with Crippen molar-refractivity contribution in [3.05, 3.63) is 71.1 Å². The van der Waals surface area contributed by atoms with Gasteiger partial charge in [0, 0.05) is 48.2 Å². The van der Waals surface area contributed by atoms with Crippen LogP contribution in [0.25, 0.3) is 11.3 Å². The fraction of sp³-hybridized carbons (Fsp3) is 0.261. The molecular weight excluding hydrogens is 386 g/mol. The highest BCUT2D eigenvalue weighted by molar-refractivity contribution is 6.30. The summed E-state index contributed by atoms with van der Waals surface area (Å²) in [4.78, 5) is 29.5. The fourth-order valence-electron chi connectivity index (χ4n) is 3.58. The number of benzene rings is 2. The number of rotatable bonds is 6. The average Bonchev–Trinajstić information content (AvgIpc) is 3.17. The number of nitrogens with one attached hydrogen (secondary N) is 1. The molecule has 0 atom stereocenters. The van der Waals surface area contributed by atoms with Crippen LogP contribution in [0.2, 0.25) is 5.02 Å². The molecular formula is C23H22ClN3O2. The number of fused-ring (bicyclic) bond motifs is 1. The molecule has 0 bridgehead atoms. The highest BCUT2D eigenvalue weighted by Crippen LogP contribution is 2.29. The summed E-state index contributed by atoms with van der Waals surface area (Å²) in [5, 5.41) is 3.52. The molecule has 0 aliphatic carbocycles. The summed E-state index contributed by atoms with van der Waals surface area (Å²) in [6.45, 7) is 0.990. The van der Waals surface area contributed by atoms with Crippen molar-refractivity contribution in [1.82, 2.24) is 9.55 Å². The lowest BCUT2D eigenvalue weighted by atomic mass is 10.1. The van der Waals surface area contributed by atoms with Gasteiger partial charge in [0.05, 0.1) is 11.4 Å². The first-order chi connectivity index (χ1) is 14.1. The third kappa shape index (κ3) is 4.57. The van der Waals surface area contributed by atoms with Gasteiger partial charge in [0.1, 0.15) is 5.82 Å². The molecule has 0 saturated heterocycles. The summed E-state index contributed by atoms with van der Waals surface area (Å²) in [5.74, 6) is 0.830. The molecule has 148 valence electrons. The zero-order chi connectivity index (χ0) is 20.2. The average molecular weight is 408 g/mol. The number of aryl methyl sites for hydroxylation is 2. The largest absolute Gasteiger partial charge is 0.334 e. The molecule has 1 aliphatic rings. The first kappa shape index (κ1) is 19.4. The summed E-state index contributed by atoms with van der Waals surface area (Å²) in [6, 6.07) is 14.4. The van der Waals surface area contributed by atoms with Gasteiger partial charge < -0.3 is 9.88 Å². The Kier molecular flexibility index (Phi) is 5.76. The molecule has 0 fully saturated rings. The Bertz CT molecular complexity index is 1020. The Morgan fingerprint density at radius 3 is 2.62 bits per heavy atom. The maximum Gasteiger partial charge on any atom is 0.224 e. The number of amides is 1. The molecule has 6 heteroatoms. The van der Waals surface area contributed by atoms with E-state index in [-0.39, 0.29) is 24.5 Å². The molecule has 0 unspecified atom stereocenters. The number of hydrogen-bond donors (Lipinski definition) is 1. The zero-order valence-corrected chi connectivity index (χ0v) is 16.8. The van der Waals surface area contributed by atoms with Gasteiger partial charge in [-0.2, -0.15) is 0 Å². The highest BCUT2D eigenvalue weighted by atomic mass is 35.5. The summed E-state index contributed by atoms with van der Waals surface area (Å²) >= 11 is 5.85. The van der Waals surface area contributed by atoms with Crippen LogP contribution in [0, 0.1) is 0 Å². The van der Waals surface area contributed by atoms with E-state index >= 15 is 0 Å². The number of anilines is 1. The van der Waals surface area contributed by atoms with Crippen LogP contribution in [0.4, 0.5) is 5.69 Å². The summed E-state index contributed by atoms with van der Waals surface area (Å²) in [6.07, 6.45) is 5.65. The van der Waals surface area contributed by atoms with Crippen molar-refractivity contribution in [2.24, 2.45) is 0 Å². The topological polar surface area (TPSA) is 64.0 Å². The number of aromatic nitrogens is 2. The van der Waals surface area contributed by atoms with E-state index < -0.39 is 0 Å². The first-order valence-corrected chi connectivity index (χ1v) is 10.2. The van der Waals surface area contributed by atoms with E-state index in [1.165, 1.54) is 6.42 Å². The third-order valence-corrected chi connectivity index (χ3v) is 5.38. The minimum absolute atomic E-state index is 0.0770. The lowest BCUT2D eigenvalue weighted by molar-refractivity contribution is -0.116. The number of halogens is 1. The van der Waals surface area contributed by atoms with E-state index in [4.69, 9.17) is 16.6 Å². The number of nitrogens with zero attached hydrogens (tertiary/aromatic N) is 2. The van der Waals surface area contributed by atoms with E-state index in [1.807, 2.05) is 24.3 Å². The van der Waals surface area contributed by atoms with Crippen molar-refractivity contribution < 1.29 is 9.59 Å². The van der Waals surface area contributed by atoms with Crippen LogP contribution in [0.1, 0.15) is 41.9 Å². The van der Waals surface area contributed by atoms with E-state index in [2.05, 4.69) is 16.1 Å². The predicted octanol–water partition coefficient (Wildman–Crippen LogP) is 5.14. The molecule has 1 aromatic heterocycles. The molecule has 0 saturated carbocycles. The standard InChI is InChI=1S/C23H22ClN3O2/c24-17-10-8-16(9-11-17)21(28)12-13-23(29)26-19-6-2-1-5-18(19)20-15-27-14-4-3-7-22(27)25-20/h1-2,5-6,8-11,15H,3-4,7,12-14H2,(H,26,29). The van der Waals surface area contributed by atoms with Crippen LogP contribution in [-0.2, 0) is 17.8 Å². The SMILES string of the molecule is O=C(CCC(=O)c1ccc(Cl)cc1)Nc1ccccc1-c1cn2c(n1)CCCC2. The smallest absolute Gasteiger partial charge is 0.224 e. The Morgan fingerprint density at radius 2 is 1.83 bits per heavy atom. The van der Waals surface area contributed by atoms with Gasteiger partial charge in [-0.1, -0.05) is 29.8 Å². The zero-order valence-electron chi connectivity index (χ0n) is 16.0. The van der Waals surface area contributed by atoms with Crippen LogP contribution >= 0.6 is 11.6 Å². The molecule has 1 aliphatic heterocycles. The van der Waals surface area contributed by atoms with Gasteiger partial charge in [-0.05, 0) is 43.2 Å². The van der Waals surface area contributed by atoms with Gasteiger partial charge >= 0.3 is 0 Å². The van der Waals surface area contributed by atoms with E-state index in [0.717, 1.165) is 36.5 Å². The number of carbonyl (C=O) groups excluding carboxylic acids is 2. The molecule has 5 nitrogen and oxygen atoms in total. The van der Waals surface area contributed by atoms with E-state index in [0.29, 0.717) is 16.3 Å². The van der Waals surface area contributed by atoms with Gasteiger partial charge in [-0.3, -0.25) is 9.59 Å². The minimum Gasteiger partial charge on any atom is -0.334 e. The number of hydrogen-bond acceptors (Lipinski definition) is 3. The van der Waals surface area contributed by atoms with Crippen LogP contribution in [0.3, 0.4) is 0 Å². The Balaban J connectivity index is 1.43. The predicted molar refractivity (Wildman–Crippen MR) is 114 cm³/mol. The summed E-state index contributed by atoms with van der Waals surface area (Å²) < 4.78 is 2.20.